The Labute approximate surface area is 94.9 Å². The smallest absolute Gasteiger partial charge is 0.405 e. The molecule has 1 rings (SSSR count). The van der Waals surface area contributed by atoms with Gasteiger partial charge in [0.15, 0.2) is 0 Å². The van der Waals surface area contributed by atoms with E-state index in [0.29, 0.717) is 19.0 Å². The maximum Gasteiger partial charge on any atom is 0.405 e. The number of nitrogens with one attached hydrogen (secondary N) is 1. The van der Waals surface area contributed by atoms with Crippen molar-refractivity contribution >= 4 is 18.5 Å². The Morgan fingerprint density at radius 1 is 1.33 bits per heavy atom. The summed E-state index contributed by atoms with van der Waals surface area (Å²) in [5, 5.41) is 10.9. The van der Waals surface area contributed by atoms with Gasteiger partial charge in [-0.3, -0.25) is 0 Å². The number of rotatable bonds is 4. The second-order valence-electron chi connectivity index (χ2n) is 2.81. The van der Waals surface area contributed by atoms with Gasteiger partial charge in [-0.25, -0.2) is 4.79 Å². The molecule has 0 fully saturated rings. The maximum absolute atomic E-state index is 10.5. The Balaban J connectivity index is 0.00000196. The summed E-state index contributed by atoms with van der Waals surface area (Å²) >= 11 is 0. The molecule has 0 atom stereocenters. The van der Waals surface area contributed by atoms with Crippen molar-refractivity contribution in [3.63, 3.8) is 0 Å². The Hall–Kier alpha value is -1.26. The highest BCUT2D eigenvalue weighted by Gasteiger charge is 2.13. The van der Waals surface area contributed by atoms with Crippen molar-refractivity contribution in [3.05, 3.63) is 41.9 Å². The predicted octanol–water partition coefficient (Wildman–Crippen LogP) is 1.60. The van der Waals surface area contributed by atoms with Crippen molar-refractivity contribution < 1.29 is 9.90 Å². The predicted molar refractivity (Wildman–Crippen MR) is 60.9 cm³/mol. The Morgan fingerprint density at radius 3 is 2.40 bits per heavy atom. The summed E-state index contributed by atoms with van der Waals surface area (Å²) < 4.78 is 0. The van der Waals surface area contributed by atoms with E-state index in [9.17, 15) is 4.79 Å². The van der Waals surface area contributed by atoms with Gasteiger partial charge in [-0.1, -0.05) is 30.3 Å². The molecule has 0 saturated heterocycles. The van der Waals surface area contributed by atoms with Gasteiger partial charge in [-0.15, -0.1) is 12.4 Å². The van der Waals surface area contributed by atoms with E-state index in [4.69, 9.17) is 10.8 Å². The highest BCUT2D eigenvalue weighted by Crippen LogP contribution is 2.14. The van der Waals surface area contributed by atoms with Crippen molar-refractivity contribution in [2.45, 2.75) is 6.42 Å². The van der Waals surface area contributed by atoms with Gasteiger partial charge in [0.05, 0.1) is 6.04 Å². The van der Waals surface area contributed by atoms with Gasteiger partial charge in [0.25, 0.3) is 0 Å². The molecule has 0 aromatic heterocycles. The fraction of sp³-hybridized carbons (Fsp3) is 0.200. The van der Waals surface area contributed by atoms with Crippen LogP contribution in [0.1, 0.15) is 12.0 Å². The van der Waals surface area contributed by atoms with Crippen LogP contribution in [0.4, 0.5) is 4.79 Å². The lowest BCUT2D eigenvalue weighted by atomic mass is 10.0. The minimum atomic E-state index is -1.06. The van der Waals surface area contributed by atoms with E-state index in [1.807, 2.05) is 30.3 Å². The van der Waals surface area contributed by atoms with Crippen molar-refractivity contribution in [2.75, 3.05) is 6.54 Å². The SMILES string of the molecule is Cl.NCC[C](NC(=O)O)c1ccccc1. The van der Waals surface area contributed by atoms with Crippen molar-refractivity contribution in [1.82, 2.24) is 5.32 Å². The second-order valence-corrected chi connectivity index (χ2v) is 2.81. The van der Waals surface area contributed by atoms with Crippen LogP contribution in [0.25, 0.3) is 0 Å². The summed E-state index contributed by atoms with van der Waals surface area (Å²) in [4.78, 5) is 10.5. The van der Waals surface area contributed by atoms with Crippen LogP contribution < -0.4 is 11.1 Å². The van der Waals surface area contributed by atoms with E-state index >= 15 is 0 Å². The number of carbonyl (C=O) groups is 1. The molecule has 0 heterocycles. The summed E-state index contributed by atoms with van der Waals surface area (Å²) in [6.07, 6.45) is -0.534. The fourth-order valence-electron chi connectivity index (χ4n) is 1.19. The molecule has 4 N–H and O–H groups in total. The lowest BCUT2D eigenvalue weighted by molar-refractivity contribution is 0.195. The van der Waals surface area contributed by atoms with Crippen LogP contribution in [0.15, 0.2) is 30.3 Å². The van der Waals surface area contributed by atoms with Crippen LogP contribution in [0, 0.1) is 6.04 Å². The van der Waals surface area contributed by atoms with Crippen LogP contribution in [0.5, 0.6) is 0 Å². The number of carboxylic acid groups (broad SMARTS) is 1. The molecule has 0 saturated carbocycles. The summed E-state index contributed by atoms with van der Waals surface area (Å²) in [5.41, 5.74) is 6.25. The second kappa shape index (κ2) is 7.09. The van der Waals surface area contributed by atoms with Crippen molar-refractivity contribution in [1.29, 1.82) is 0 Å². The summed E-state index contributed by atoms with van der Waals surface area (Å²) in [6.45, 7) is 0.421. The zero-order valence-electron chi connectivity index (χ0n) is 8.14. The van der Waals surface area contributed by atoms with Gasteiger partial charge in [0.2, 0.25) is 0 Å². The van der Waals surface area contributed by atoms with Gasteiger partial charge in [0.1, 0.15) is 0 Å². The molecule has 83 valence electrons. The fourth-order valence-corrected chi connectivity index (χ4v) is 1.19. The third kappa shape index (κ3) is 4.67. The first kappa shape index (κ1) is 13.7. The molecule has 15 heavy (non-hydrogen) atoms. The quantitative estimate of drug-likeness (QED) is 0.734. The molecule has 5 heteroatoms. The number of hydrogen-bond acceptors (Lipinski definition) is 2. The van der Waals surface area contributed by atoms with Gasteiger partial charge < -0.3 is 16.2 Å². The first-order chi connectivity index (χ1) is 6.74. The molecule has 0 spiro atoms. The largest absolute Gasteiger partial charge is 0.465 e. The molecular weight excluding hydrogens is 216 g/mol. The van der Waals surface area contributed by atoms with Crippen molar-refractivity contribution in [3.8, 4) is 0 Å². The number of amides is 1. The molecule has 1 aromatic carbocycles. The number of halogens is 1. The molecule has 0 unspecified atom stereocenters. The van der Waals surface area contributed by atoms with Crippen LogP contribution in [0.3, 0.4) is 0 Å². The van der Waals surface area contributed by atoms with Crippen LogP contribution in [-0.2, 0) is 0 Å². The molecule has 0 bridgehead atoms. The average molecular weight is 230 g/mol. The number of nitrogens with two attached hydrogens (primary N) is 1. The number of benzene rings is 1. The van der Waals surface area contributed by atoms with E-state index in [1.165, 1.54) is 0 Å². The minimum absolute atomic E-state index is 0. The lowest BCUT2D eigenvalue weighted by Crippen LogP contribution is -2.29. The summed E-state index contributed by atoms with van der Waals surface area (Å²) in [7, 11) is 0. The third-order valence-electron chi connectivity index (χ3n) is 1.77. The minimum Gasteiger partial charge on any atom is -0.465 e. The van der Waals surface area contributed by atoms with Crippen LogP contribution in [-0.4, -0.2) is 17.7 Å². The molecule has 1 amide bonds. The van der Waals surface area contributed by atoms with E-state index in [0.717, 1.165) is 5.56 Å². The van der Waals surface area contributed by atoms with Crippen molar-refractivity contribution in [2.24, 2.45) is 5.73 Å². The molecule has 1 radical (unpaired) electrons. The highest BCUT2D eigenvalue weighted by atomic mass is 35.5. The molecule has 0 aliphatic heterocycles. The van der Waals surface area contributed by atoms with Gasteiger partial charge >= 0.3 is 6.09 Å². The topological polar surface area (TPSA) is 75.3 Å². The molecular formula is C10H14ClN2O2. The maximum atomic E-state index is 10.5. The van der Waals surface area contributed by atoms with Crippen LogP contribution >= 0.6 is 12.4 Å². The summed E-state index contributed by atoms with van der Waals surface area (Å²) in [6, 6.07) is 9.93. The highest BCUT2D eigenvalue weighted by molar-refractivity contribution is 5.85. The van der Waals surface area contributed by atoms with E-state index in [-0.39, 0.29) is 12.4 Å². The van der Waals surface area contributed by atoms with E-state index in [2.05, 4.69) is 5.32 Å². The normalized spacial score (nSPS) is 9.47. The molecule has 1 aromatic rings. The van der Waals surface area contributed by atoms with Crippen LogP contribution in [0.2, 0.25) is 0 Å². The van der Waals surface area contributed by atoms with E-state index < -0.39 is 6.09 Å². The Morgan fingerprint density at radius 2 is 1.93 bits per heavy atom. The van der Waals surface area contributed by atoms with Gasteiger partial charge in [-0.05, 0) is 18.5 Å². The monoisotopic (exact) mass is 229 g/mol. The Bertz CT molecular complexity index is 293. The zero-order chi connectivity index (χ0) is 10.4. The lowest BCUT2D eigenvalue weighted by Gasteiger charge is -2.14. The van der Waals surface area contributed by atoms with Gasteiger partial charge in [-0.2, -0.15) is 0 Å². The first-order valence-electron chi connectivity index (χ1n) is 4.35. The molecule has 0 aliphatic carbocycles. The summed E-state index contributed by atoms with van der Waals surface area (Å²) in [5.74, 6) is 0. The average Bonchev–Trinajstić information content (AvgIpc) is 2.18. The standard InChI is InChI=1S/C10H13N2O2.ClH/c11-7-6-9(12-10(13)14)8-4-2-1-3-5-8;/h1-5,12H,6-7,11H2,(H,13,14);1H. The molecule has 0 aliphatic rings. The number of hydrogen-bond donors (Lipinski definition) is 3. The van der Waals surface area contributed by atoms with E-state index in [1.54, 1.807) is 0 Å². The zero-order valence-corrected chi connectivity index (χ0v) is 8.96. The molecule has 4 nitrogen and oxygen atoms in total. The Kier molecular flexibility index (Phi) is 6.49. The van der Waals surface area contributed by atoms with Gasteiger partial charge in [0, 0.05) is 0 Å². The first-order valence-corrected chi connectivity index (χ1v) is 4.35. The third-order valence-corrected chi connectivity index (χ3v) is 1.77.